The van der Waals surface area contributed by atoms with E-state index < -0.39 is 5.54 Å². The standard InChI is InChI=1S/C11H17IN4O/c1-2-14-11(10(13)17,8-3-4-8)7-16-6-9(12)5-15-16/h5-6,8,14H,2-4,7H2,1H3,(H2,13,17). The molecule has 0 spiro atoms. The lowest BCUT2D eigenvalue weighted by atomic mass is 9.92. The van der Waals surface area contributed by atoms with E-state index in [1.165, 1.54) is 0 Å². The zero-order chi connectivity index (χ0) is 12.5. The Morgan fingerprint density at radius 2 is 2.47 bits per heavy atom. The minimum atomic E-state index is -0.635. The Morgan fingerprint density at radius 3 is 2.88 bits per heavy atom. The van der Waals surface area contributed by atoms with E-state index in [2.05, 4.69) is 33.0 Å². The second-order valence-electron chi connectivity index (χ2n) is 4.50. The van der Waals surface area contributed by atoms with Crippen LogP contribution in [0, 0.1) is 9.49 Å². The van der Waals surface area contributed by atoms with Gasteiger partial charge in [0.1, 0.15) is 5.54 Å². The van der Waals surface area contributed by atoms with Crippen LogP contribution in [0.1, 0.15) is 19.8 Å². The molecular formula is C11H17IN4O. The normalized spacial score (nSPS) is 18.9. The second-order valence-corrected chi connectivity index (χ2v) is 5.74. The van der Waals surface area contributed by atoms with Crippen molar-refractivity contribution in [1.29, 1.82) is 0 Å². The first-order chi connectivity index (χ1) is 8.08. The summed E-state index contributed by atoms with van der Waals surface area (Å²) in [5.74, 6) is 0.0779. The fourth-order valence-corrected chi connectivity index (χ4v) is 2.71. The minimum absolute atomic E-state index is 0.271. The summed E-state index contributed by atoms with van der Waals surface area (Å²) in [4.78, 5) is 11.8. The molecule has 1 atom stereocenters. The van der Waals surface area contributed by atoms with Crippen LogP contribution in [-0.4, -0.2) is 27.8 Å². The average molecular weight is 348 g/mol. The number of rotatable bonds is 6. The molecule has 1 fully saturated rings. The third kappa shape index (κ3) is 2.62. The summed E-state index contributed by atoms with van der Waals surface area (Å²) in [5.41, 5.74) is 4.97. The molecule has 0 aliphatic heterocycles. The first-order valence-corrected chi connectivity index (χ1v) is 6.89. The van der Waals surface area contributed by atoms with Gasteiger partial charge >= 0.3 is 0 Å². The van der Waals surface area contributed by atoms with E-state index >= 15 is 0 Å². The molecule has 3 N–H and O–H groups in total. The van der Waals surface area contributed by atoms with Gasteiger partial charge in [-0.3, -0.25) is 9.48 Å². The van der Waals surface area contributed by atoms with Gasteiger partial charge < -0.3 is 11.1 Å². The van der Waals surface area contributed by atoms with E-state index in [1.54, 1.807) is 10.9 Å². The van der Waals surface area contributed by atoms with Crippen LogP contribution in [0.5, 0.6) is 0 Å². The number of hydrogen-bond donors (Lipinski definition) is 2. The van der Waals surface area contributed by atoms with Crippen LogP contribution in [0.2, 0.25) is 0 Å². The number of hydrogen-bond acceptors (Lipinski definition) is 3. The quantitative estimate of drug-likeness (QED) is 0.745. The average Bonchev–Trinajstić information content (AvgIpc) is 3.03. The van der Waals surface area contributed by atoms with Crippen molar-refractivity contribution in [2.45, 2.75) is 31.8 Å². The lowest BCUT2D eigenvalue weighted by Gasteiger charge is -2.31. The van der Waals surface area contributed by atoms with Crippen LogP contribution < -0.4 is 11.1 Å². The summed E-state index contributed by atoms with van der Waals surface area (Å²) in [5, 5.41) is 7.51. The van der Waals surface area contributed by atoms with Crippen LogP contribution in [0.25, 0.3) is 0 Å². The highest BCUT2D eigenvalue weighted by Gasteiger charge is 2.49. The van der Waals surface area contributed by atoms with Crippen molar-refractivity contribution in [3.05, 3.63) is 16.0 Å². The first-order valence-electron chi connectivity index (χ1n) is 5.81. The van der Waals surface area contributed by atoms with E-state index in [9.17, 15) is 4.79 Å². The predicted molar refractivity (Wildman–Crippen MR) is 73.3 cm³/mol. The molecule has 1 aliphatic carbocycles. The van der Waals surface area contributed by atoms with Crippen LogP contribution >= 0.6 is 22.6 Å². The molecule has 6 heteroatoms. The second kappa shape index (κ2) is 4.93. The zero-order valence-electron chi connectivity index (χ0n) is 9.82. The van der Waals surface area contributed by atoms with Crippen molar-refractivity contribution in [3.8, 4) is 0 Å². The fraction of sp³-hybridized carbons (Fsp3) is 0.636. The third-order valence-corrected chi connectivity index (χ3v) is 3.78. The molecule has 0 aromatic carbocycles. The maximum absolute atomic E-state index is 11.8. The molecule has 94 valence electrons. The number of carbonyl (C=O) groups is 1. The fourth-order valence-electron chi connectivity index (χ4n) is 2.27. The largest absolute Gasteiger partial charge is 0.368 e. The number of nitrogens with zero attached hydrogens (tertiary/aromatic N) is 2. The molecule has 1 unspecified atom stereocenters. The Balaban J connectivity index is 2.22. The Hall–Kier alpha value is -0.630. The van der Waals surface area contributed by atoms with Crippen LogP contribution in [0.15, 0.2) is 12.4 Å². The zero-order valence-corrected chi connectivity index (χ0v) is 12.0. The van der Waals surface area contributed by atoms with Crippen LogP contribution in [-0.2, 0) is 11.3 Å². The summed E-state index contributed by atoms with van der Waals surface area (Å²) < 4.78 is 2.86. The van der Waals surface area contributed by atoms with Crippen molar-refractivity contribution < 1.29 is 4.79 Å². The first kappa shape index (κ1) is 12.8. The smallest absolute Gasteiger partial charge is 0.239 e. The van der Waals surface area contributed by atoms with E-state index in [1.807, 2.05) is 13.1 Å². The molecule has 1 saturated carbocycles. The molecule has 1 aromatic heterocycles. The summed E-state index contributed by atoms with van der Waals surface area (Å²) in [6, 6.07) is 0. The number of carbonyl (C=O) groups excluding carboxylic acids is 1. The number of amides is 1. The van der Waals surface area contributed by atoms with Gasteiger partial charge in [0.2, 0.25) is 5.91 Å². The number of likely N-dealkylation sites (N-methyl/N-ethyl adjacent to an activating group) is 1. The van der Waals surface area contributed by atoms with E-state index in [0.717, 1.165) is 23.0 Å². The van der Waals surface area contributed by atoms with Gasteiger partial charge in [-0.1, -0.05) is 6.92 Å². The van der Waals surface area contributed by atoms with E-state index in [-0.39, 0.29) is 5.91 Å². The molecule has 1 amide bonds. The highest BCUT2D eigenvalue weighted by Crippen LogP contribution is 2.40. The lowest BCUT2D eigenvalue weighted by Crippen LogP contribution is -2.59. The molecule has 0 bridgehead atoms. The minimum Gasteiger partial charge on any atom is -0.368 e. The third-order valence-electron chi connectivity index (χ3n) is 3.22. The SMILES string of the molecule is CCNC(Cn1cc(I)cn1)(C(N)=O)C1CC1. The monoisotopic (exact) mass is 348 g/mol. The highest BCUT2D eigenvalue weighted by molar-refractivity contribution is 14.1. The van der Waals surface area contributed by atoms with Gasteiger partial charge in [0.25, 0.3) is 0 Å². The summed E-state index contributed by atoms with van der Waals surface area (Å²) in [6.45, 7) is 3.24. The number of nitrogens with one attached hydrogen (secondary N) is 1. The summed E-state index contributed by atoms with van der Waals surface area (Å²) in [7, 11) is 0. The molecule has 2 rings (SSSR count). The van der Waals surface area contributed by atoms with Gasteiger partial charge in [-0.25, -0.2) is 0 Å². The molecule has 0 saturated heterocycles. The molecule has 1 aliphatic rings. The Morgan fingerprint density at radius 1 is 1.76 bits per heavy atom. The van der Waals surface area contributed by atoms with Gasteiger partial charge in [-0.15, -0.1) is 0 Å². The molecule has 0 radical (unpaired) electrons. The number of nitrogens with two attached hydrogens (primary N) is 1. The van der Waals surface area contributed by atoms with Gasteiger partial charge in [0.05, 0.1) is 16.3 Å². The van der Waals surface area contributed by atoms with Crippen molar-refractivity contribution in [1.82, 2.24) is 15.1 Å². The van der Waals surface area contributed by atoms with Crippen LogP contribution in [0.3, 0.4) is 0 Å². The maximum Gasteiger partial charge on any atom is 0.239 e. The molecule has 5 nitrogen and oxygen atoms in total. The molecular weight excluding hydrogens is 331 g/mol. The lowest BCUT2D eigenvalue weighted by molar-refractivity contribution is -0.126. The van der Waals surface area contributed by atoms with Gasteiger partial charge in [-0.05, 0) is 47.9 Å². The van der Waals surface area contributed by atoms with Crippen molar-refractivity contribution in [3.63, 3.8) is 0 Å². The van der Waals surface area contributed by atoms with Crippen molar-refractivity contribution in [2.24, 2.45) is 11.7 Å². The van der Waals surface area contributed by atoms with E-state index in [4.69, 9.17) is 5.73 Å². The van der Waals surface area contributed by atoms with Crippen molar-refractivity contribution >= 4 is 28.5 Å². The maximum atomic E-state index is 11.8. The topological polar surface area (TPSA) is 72.9 Å². The van der Waals surface area contributed by atoms with Crippen LogP contribution in [0.4, 0.5) is 0 Å². The Bertz CT molecular complexity index is 415. The predicted octanol–water partition coefficient (Wildman–Crippen LogP) is 0.731. The van der Waals surface area contributed by atoms with Gasteiger partial charge in [-0.2, -0.15) is 5.10 Å². The van der Waals surface area contributed by atoms with Gasteiger partial charge in [0.15, 0.2) is 0 Å². The Kier molecular flexibility index (Phi) is 3.72. The Labute approximate surface area is 114 Å². The number of halogens is 1. The molecule has 1 heterocycles. The number of aromatic nitrogens is 2. The molecule has 1 aromatic rings. The summed E-state index contributed by atoms with van der Waals surface area (Å²) >= 11 is 2.20. The van der Waals surface area contributed by atoms with E-state index in [0.29, 0.717) is 12.5 Å². The summed E-state index contributed by atoms with van der Waals surface area (Å²) in [6.07, 6.45) is 5.84. The highest BCUT2D eigenvalue weighted by atomic mass is 127. The van der Waals surface area contributed by atoms with Crippen molar-refractivity contribution in [2.75, 3.05) is 6.54 Å². The van der Waals surface area contributed by atoms with Gasteiger partial charge in [0, 0.05) is 6.20 Å². The molecule has 17 heavy (non-hydrogen) atoms. The number of primary amides is 1.